The lowest BCUT2D eigenvalue weighted by Gasteiger charge is -2.29. The highest BCUT2D eigenvalue weighted by Gasteiger charge is 2.21. The van der Waals surface area contributed by atoms with Crippen molar-refractivity contribution in [3.05, 3.63) is 0 Å². The van der Waals surface area contributed by atoms with Crippen LogP contribution in [0.25, 0.3) is 0 Å². The molecule has 1 atom stereocenters. The highest BCUT2D eigenvalue weighted by Crippen LogP contribution is 2.14. The van der Waals surface area contributed by atoms with Gasteiger partial charge in [0.05, 0.1) is 0 Å². The molecule has 0 aromatic carbocycles. The molecule has 0 aliphatic carbocycles. The van der Waals surface area contributed by atoms with Crippen LogP contribution in [0.1, 0.15) is 20.8 Å². The smallest absolute Gasteiger partial charge is 0.320 e. The molecular weight excluding hydrogens is 180 g/mol. The van der Waals surface area contributed by atoms with Crippen LogP contribution in [0.3, 0.4) is 0 Å². The zero-order valence-corrected chi connectivity index (χ0v) is 9.79. The van der Waals surface area contributed by atoms with E-state index in [2.05, 4.69) is 24.1 Å². The maximum Gasteiger partial charge on any atom is 0.320 e. The van der Waals surface area contributed by atoms with Crippen LogP contribution in [0.4, 0.5) is 0 Å². The van der Waals surface area contributed by atoms with Crippen molar-refractivity contribution >= 4 is 5.97 Å². The number of nitrogens with zero attached hydrogens (tertiary/aromatic N) is 1. The molecule has 0 amide bonds. The predicted molar refractivity (Wildman–Crippen MR) is 57.4 cm³/mol. The minimum Gasteiger partial charge on any atom is -0.480 e. The first-order valence-electron chi connectivity index (χ1n) is 4.85. The number of nitrogens with one attached hydrogen (secondary N) is 1. The van der Waals surface area contributed by atoms with Crippen molar-refractivity contribution in [3.63, 3.8) is 0 Å². The van der Waals surface area contributed by atoms with Crippen LogP contribution < -0.4 is 5.32 Å². The molecular formula is C10H22N2O2. The molecule has 0 radical (unpaired) electrons. The summed E-state index contributed by atoms with van der Waals surface area (Å²) in [6.07, 6.45) is 0. The van der Waals surface area contributed by atoms with E-state index in [4.69, 9.17) is 5.11 Å². The van der Waals surface area contributed by atoms with Gasteiger partial charge in [0.15, 0.2) is 0 Å². The number of carboxylic acid groups (broad SMARTS) is 1. The van der Waals surface area contributed by atoms with Gasteiger partial charge in [0.25, 0.3) is 0 Å². The summed E-state index contributed by atoms with van der Waals surface area (Å²) in [5.74, 6) is -0.800. The summed E-state index contributed by atoms with van der Waals surface area (Å²) in [6, 6.07) is -0.476. The van der Waals surface area contributed by atoms with Crippen molar-refractivity contribution in [1.29, 1.82) is 0 Å². The summed E-state index contributed by atoms with van der Waals surface area (Å²) >= 11 is 0. The molecule has 0 aromatic rings. The van der Waals surface area contributed by atoms with E-state index in [1.54, 1.807) is 6.92 Å². The Labute approximate surface area is 86.3 Å². The molecule has 0 aromatic heterocycles. The second-order valence-corrected chi connectivity index (χ2v) is 4.84. The second-order valence-electron chi connectivity index (χ2n) is 4.84. The van der Waals surface area contributed by atoms with Crippen molar-refractivity contribution in [3.8, 4) is 0 Å². The van der Waals surface area contributed by atoms with E-state index in [0.29, 0.717) is 6.54 Å². The van der Waals surface area contributed by atoms with E-state index >= 15 is 0 Å². The Bertz CT molecular complexity index is 191. The Morgan fingerprint density at radius 1 is 1.50 bits per heavy atom. The van der Waals surface area contributed by atoms with Gasteiger partial charge in [-0.3, -0.25) is 4.79 Å². The number of carbonyl (C=O) groups is 1. The van der Waals surface area contributed by atoms with Gasteiger partial charge in [0.1, 0.15) is 6.04 Å². The average Bonchev–Trinajstić information content (AvgIpc) is 1.97. The Hall–Kier alpha value is -0.610. The summed E-state index contributed by atoms with van der Waals surface area (Å²) in [5.41, 5.74) is 0.0905. The monoisotopic (exact) mass is 202 g/mol. The highest BCUT2D eigenvalue weighted by molar-refractivity contribution is 5.72. The van der Waals surface area contributed by atoms with Crippen LogP contribution in [0.2, 0.25) is 0 Å². The number of hydrogen-bond donors (Lipinski definition) is 2. The van der Waals surface area contributed by atoms with Crippen molar-refractivity contribution in [2.45, 2.75) is 26.8 Å². The molecule has 0 heterocycles. The van der Waals surface area contributed by atoms with Crippen LogP contribution in [0, 0.1) is 5.41 Å². The lowest BCUT2D eigenvalue weighted by molar-refractivity contribution is -0.139. The second kappa shape index (κ2) is 5.32. The molecule has 0 aliphatic rings. The van der Waals surface area contributed by atoms with Crippen molar-refractivity contribution in [1.82, 2.24) is 10.2 Å². The molecule has 14 heavy (non-hydrogen) atoms. The zero-order chi connectivity index (χ0) is 11.4. The summed E-state index contributed by atoms with van der Waals surface area (Å²) in [6.45, 7) is 7.54. The molecule has 4 heteroatoms. The quantitative estimate of drug-likeness (QED) is 0.663. The molecule has 4 nitrogen and oxygen atoms in total. The van der Waals surface area contributed by atoms with E-state index in [0.717, 1.165) is 6.54 Å². The first kappa shape index (κ1) is 13.4. The molecule has 84 valence electrons. The fourth-order valence-corrected chi connectivity index (χ4v) is 1.43. The summed E-state index contributed by atoms with van der Waals surface area (Å²) in [5, 5.41) is 11.7. The third kappa shape index (κ3) is 5.94. The van der Waals surface area contributed by atoms with Gasteiger partial charge >= 0.3 is 5.97 Å². The fourth-order valence-electron chi connectivity index (χ4n) is 1.43. The van der Waals surface area contributed by atoms with Crippen LogP contribution >= 0.6 is 0 Å². The predicted octanol–water partition coefficient (Wildman–Crippen LogP) is 0.637. The standard InChI is InChI=1S/C10H22N2O2/c1-8(9(13)14)11-6-10(2,3)7-12(4)5/h8,11H,6-7H2,1-5H3,(H,13,14). The maximum atomic E-state index is 10.6. The lowest BCUT2D eigenvalue weighted by Crippen LogP contribution is -2.43. The minimum absolute atomic E-state index is 0.0905. The van der Waals surface area contributed by atoms with Gasteiger partial charge in [-0.25, -0.2) is 0 Å². The average molecular weight is 202 g/mol. The Balaban J connectivity index is 3.92. The van der Waals surface area contributed by atoms with Gasteiger partial charge in [-0.05, 0) is 26.4 Å². The van der Waals surface area contributed by atoms with Crippen LogP contribution in [0.5, 0.6) is 0 Å². The molecule has 2 N–H and O–H groups in total. The molecule has 0 saturated carbocycles. The lowest BCUT2D eigenvalue weighted by atomic mass is 9.92. The summed E-state index contributed by atoms with van der Waals surface area (Å²) in [4.78, 5) is 12.7. The Morgan fingerprint density at radius 2 is 2.00 bits per heavy atom. The van der Waals surface area contributed by atoms with Crippen LogP contribution in [-0.2, 0) is 4.79 Å². The minimum atomic E-state index is -0.800. The number of hydrogen-bond acceptors (Lipinski definition) is 3. The fraction of sp³-hybridized carbons (Fsp3) is 0.900. The highest BCUT2D eigenvalue weighted by atomic mass is 16.4. The topological polar surface area (TPSA) is 52.6 Å². The number of rotatable bonds is 6. The van der Waals surface area contributed by atoms with Crippen molar-refractivity contribution in [2.75, 3.05) is 27.2 Å². The normalized spacial score (nSPS) is 14.4. The first-order chi connectivity index (χ1) is 6.24. The zero-order valence-electron chi connectivity index (χ0n) is 9.79. The van der Waals surface area contributed by atoms with Gasteiger partial charge in [-0.1, -0.05) is 13.8 Å². The van der Waals surface area contributed by atoms with E-state index in [1.165, 1.54) is 0 Å². The molecule has 1 unspecified atom stereocenters. The Morgan fingerprint density at radius 3 is 2.36 bits per heavy atom. The summed E-state index contributed by atoms with van der Waals surface area (Å²) < 4.78 is 0. The number of carboxylic acids is 1. The summed E-state index contributed by atoms with van der Waals surface area (Å²) in [7, 11) is 4.03. The van der Waals surface area contributed by atoms with Crippen LogP contribution in [-0.4, -0.2) is 49.2 Å². The molecule has 0 bridgehead atoms. The molecule has 0 fully saturated rings. The molecule has 0 saturated heterocycles. The van der Waals surface area contributed by atoms with Gasteiger partial charge in [0, 0.05) is 13.1 Å². The van der Waals surface area contributed by atoms with Gasteiger partial charge in [-0.15, -0.1) is 0 Å². The molecule has 0 spiro atoms. The SMILES string of the molecule is CC(NCC(C)(C)CN(C)C)C(=O)O. The Kier molecular flexibility index (Phi) is 5.08. The van der Waals surface area contributed by atoms with Gasteiger partial charge in [-0.2, -0.15) is 0 Å². The number of aliphatic carboxylic acids is 1. The molecule has 0 aliphatic heterocycles. The largest absolute Gasteiger partial charge is 0.480 e. The molecule has 0 rings (SSSR count). The van der Waals surface area contributed by atoms with Gasteiger partial charge < -0.3 is 15.3 Å². The third-order valence-electron chi connectivity index (χ3n) is 2.00. The van der Waals surface area contributed by atoms with Gasteiger partial charge in [0.2, 0.25) is 0 Å². The third-order valence-corrected chi connectivity index (χ3v) is 2.00. The van der Waals surface area contributed by atoms with E-state index in [9.17, 15) is 4.79 Å². The van der Waals surface area contributed by atoms with E-state index in [1.807, 2.05) is 14.1 Å². The van der Waals surface area contributed by atoms with Crippen LogP contribution in [0.15, 0.2) is 0 Å². The first-order valence-corrected chi connectivity index (χ1v) is 4.85. The van der Waals surface area contributed by atoms with E-state index in [-0.39, 0.29) is 5.41 Å². The van der Waals surface area contributed by atoms with Crippen molar-refractivity contribution < 1.29 is 9.90 Å². The van der Waals surface area contributed by atoms with Crippen molar-refractivity contribution in [2.24, 2.45) is 5.41 Å². The maximum absolute atomic E-state index is 10.6. The van der Waals surface area contributed by atoms with E-state index < -0.39 is 12.0 Å².